The highest BCUT2D eigenvalue weighted by Crippen LogP contribution is 2.05. The van der Waals surface area contributed by atoms with E-state index < -0.39 is 54.1 Å². The maximum Gasteiger partial charge on any atom is 0.305 e. The van der Waals surface area contributed by atoms with E-state index in [4.69, 9.17) is 15.9 Å². The number of carboxylic acids is 2. The summed E-state index contributed by atoms with van der Waals surface area (Å²) in [6, 6.07) is -3.35. The van der Waals surface area contributed by atoms with Crippen LogP contribution in [0.2, 0.25) is 0 Å². The molecule has 6 N–H and O–H groups in total. The quantitative estimate of drug-likeness (QED) is 0.308. The lowest BCUT2D eigenvalue weighted by Crippen LogP contribution is -2.56. The molecule has 0 aromatic carbocycles. The van der Waals surface area contributed by atoms with Gasteiger partial charge in [-0.05, 0) is 19.3 Å². The Morgan fingerprint density at radius 2 is 1.52 bits per heavy atom. The van der Waals surface area contributed by atoms with Crippen molar-refractivity contribution in [2.45, 2.75) is 58.2 Å². The van der Waals surface area contributed by atoms with Gasteiger partial charge in [-0.25, -0.2) is 0 Å². The normalized spacial score (nSPS) is 14.3. The van der Waals surface area contributed by atoms with E-state index in [-0.39, 0.29) is 18.8 Å². The summed E-state index contributed by atoms with van der Waals surface area (Å²) in [6.45, 7) is 4.44. The minimum Gasteiger partial charge on any atom is -0.481 e. The highest BCUT2D eigenvalue weighted by Gasteiger charge is 2.29. The first-order chi connectivity index (χ1) is 11.5. The number of carbonyl (C=O) groups excluding carboxylic acids is 3. The molecule has 3 atom stereocenters. The highest BCUT2D eigenvalue weighted by atomic mass is 16.4. The molecule has 0 heterocycles. The minimum atomic E-state index is -1.25. The number of hydrogen-bond acceptors (Lipinski definition) is 6. The lowest BCUT2D eigenvalue weighted by atomic mass is 10.0. The average molecular weight is 359 g/mol. The Balaban J connectivity index is 4.94. The van der Waals surface area contributed by atoms with Crippen LogP contribution in [0.15, 0.2) is 0 Å². The summed E-state index contributed by atoms with van der Waals surface area (Å²) in [6.07, 6.45) is -0.960. The van der Waals surface area contributed by atoms with E-state index in [1.165, 1.54) is 0 Å². The minimum absolute atomic E-state index is 0.0946. The molecular formula is C15H25N3O7. The van der Waals surface area contributed by atoms with Gasteiger partial charge in [0.05, 0.1) is 18.5 Å². The summed E-state index contributed by atoms with van der Waals surface area (Å²) in [7, 11) is 0. The van der Waals surface area contributed by atoms with Crippen LogP contribution in [0.3, 0.4) is 0 Å². The van der Waals surface area contributed by atoms with E-state index in [1.807, 2.05) is 0 Å². The summed E-state index contributed by atoms with van der Waals surface area (Å²) < 4.78 is 0. The summed E-state index contributed by atoms with van der Waals surface area (Å²) >= 11 is 0. The maximum atomic E-state index is 12.3. The Bertz CT molecular complexity index is 533. The van der Waals surface area contributed by atoms with Gasteiger partial charge in [-0.15, -0.1) is 0 Å². The van der Waals surface area contributed by atoms with Crippen LogP contribution in [0.25, 0.3) is 0 Å². The van der Waals surface area contributed by atoms with Crippen molar-refractivity contribution in [3.63, 3.8) is 0 Å². The molecule has 0 fully saturated rings. The molecule has 0 aliphatic rings. The number of Topliss-reactive ketones (excluding diaryl/α,β-unsaturated/α-hetero) is 1. The third-order valence-corrected chi connectivity index (χ3v) is 3.44. The Morgan fingerprint density at radius 3 is 1.92 bits per heavy atom. The van der Waals surface area contributed by atoms with E-state index >= 15 is 0 Å². The van der Waals surface area contributed by atoms with Crippen LogP contribution in [0.1, 0.15) is 40.0 Å². The monoisotopic (exact) mass is 359 g/mol. The molecule has 0 aromatic heterocycles. The van der Waals surface area contributed by atoms with Crippen LogP contribution in [0.5, 0.6) is 0 Å². The molecule has 0 rings (SSSR count). The van der Waals surface area contributed by atoms with Gasteiger partial charge in [-0.2, -0.15) is 0 Å². The van der Waals surface area contributed by atoms with Crippen LogP contribution < -0.4 is 16.4 Å². The zero-order chi connectivity index (χ0) is 19.7. The molecule has 10 nitrogen and oxygen atoms in total. The van der Waals surface area contributed by atoms with Crippen LogP contribution in [0, 0.1) is 5.92 Å². The van der Waals surface area contributed by atoms with Crippen molar-refractivity contribution in [1.82, 2.24) is 10.6 Å². The average Bonchev–Trinajstić information content (AvgIpc) is 2.47. The Hall–Kier alpha value is -2.49. The van der Waals surface area contributed by atoms with Gasteiger partial charge in [0.1, 0.15) is 6.04 Å². The molecule has 0 aromatic rings. The number of nitrogens with one attached hydrogen (secondary N) is 2. The van der Waals surface area contributed by atoms with Crippen LogP contribution in [0.4, 0.5) is 0 Å². The van der Waals surface area contributed by atoms with Crippen molar-refractivity contribution in [2.24, 2.45) is 11.7 Å². The third-order valence-electron chi connectivity index (χ3n) is 3.44. The van der Waals surface area contributed by atoms with E-state index in [0.29, 0.717) is 0 Å². The molecule has 0 aliphatic carbocycles. The Kier molecular flexibility index (Phi) is 9.36. The van der Waals surface area contributed by atoms with Crippen LogP contribution in [-0.2, 0) is 24.0 Å². The van der Waals surface area contributed by atoms with Crippen molar-refractivity contribution in [1.29, 1.82) is 0 Å². The second-order valence-electron chi connectivity index (χ2n) is 6.04. The topological polar surface area (TPSA) is 176 Å². The molecule has 0 spiro atoms. The molecule has 0 unspecified atom stereocenters. The summed E-state index contributed by atoms with van der Waals surface area (Å²) in [5.74, 6) is -4.65. The summed E-state index contributed by atoms with van der Waals surface area (Å²) in [5, 5.41) is 22.1. The second kappa shape index (κ2) is 10.4. The molecule has 0 saturated carbocycles. The Morgan fingerprint density at radius 1 is 0.960 bits per heavy atom. The summed E-state index contributed by atoms with van der Waals surface area (Å²) in [5.41, 5.74) is 5.59. The molecular weight excluding hydrogens is 334 g/mol. The Labute approximate surface area is 145 Å². The zero-order valence-electron chi connectivity index (χ0n) is 14.4. The number of aliphatic carboxylic acids is 2. The van der Waals surface area contributed by atoms with E-state index in [0.717, 1.165) is 6.92 Å². The molecule has 10 heteroatoms. The van der Waals surface area contributed by atoms with E-state index in [9.17, 15) is 24.0 Å². The second-order valence-corrected chi connectivity index (χ2v) is 6.04. The lowest BCUT2D eigenvalue weighted by molar-refractivity contribution is -0.141. The molecule has 0 saturated heterocycles. The first-order valence-electron chi connectivity index (χ1n) is 7.76. The zero-order valence-corrected chi connectivity index (χ0v) is 14.4. The van der Waals surface area contributed by atoms with Crippen molar-refractivity contribution < 1.29 is 34.2 Å². The summed E-state index contributed by atoms with van der Waals surface area (Å²) in [4.78, 5) is 57.0. The molecule has 142 valence electrons. The number of ketones is 1. The number of carbonyl (C=O) groups is 5. The molecule has 0 aliphatic heterocycles. The van der Waals surface area contributed by atoms with E-state index in [1.54, 1.807) is 13.8 Å². The standard InChI is InChI=1S/C15H25N3O7/c1-7(2)13(18-14(24)9(16)4-5-11(20)21)15(25)17-10(8(3)19)6-12(22)23/h7,9-10,13H,4-6,16H2,1-3H3,(H,17,25)(H,18,24)(H,20,21)(H,22,23)/t9-,10-,13-/m0/s1. The van der Waals surface area contributed by atoms with Crippen molar-refractivity contribution in [3.8, 4) is 0 Å². The number of carboxylic acid groups (broad SMARTS) is 2. The van der Waals surface area contributed by atoms with Crippen LogP contribution >= 0.6 is 0 Å². The number of nitrogens with two attached hydrogens (primary N) is 1. The van der Waals surface area contributed by atoms with Gasteiger partial charge < -0.3 is 26.6 Å². The van der Waals surface area contributed by atoms with Gasteiger partial charge >= 0.3 is 11.9 Å². The smallest absolute Gasteiger partial charge is 0.305 e. The third kappa shape index (κ3) is 8.80. The predicted octanol–water partition coefficient (Wildman–Crippen LogP) is -1.13. The SMILES string of the molecule is CC(=O)[C@H](CC(=O)O)NC(=O)[C@@H](NC(=O)[C@@H](N)CCC(=O)O)C(C)C. The van der Waals surface area contributed by atoms with Gasteiger partial charge in [0.15, 0.2) is 5.78 Å². The number of amides is 2. The maximum absolute atomic E-state index is 12.3. The molecule has 25 heavy (non-hydrogen) atoms. The fourth-order valence-corrected chi connectivity index (χ4v) is 1.94. The number of rotatable bonds is 11. The van der Waals surface area contributed by atoms with Crippen molar-refractivity contribution in [2.75, 3.05) is 0 Å². The van der Waals surface area contributed by atoms with Crippen molar-refractivity contribution in [3.05, 3.63) is 0 Å². The highest BCUT2D eigenvalue weighted by molar-refractivity contribution is 5.94. The number of hydrogen-bond donors (Lipinski definition) is 5. The van der Waals surface area contributed by atoms with Crippen LogP contribution in [-0.4, -0.2) is 57.9 Å². The molecule has 0 radical (unpaired) electrons. The fourth-order valence-electron chi connectivity index (χ4n) is 1.94. The fraction of sp³-hybridized carbons (Fsp3) is 0.667. The van der Waals surface area contributed by atoms with Gasteiger partial charge in [0.25, 0.3) is 0 Å². The van der Waals surface area contributed by atoms with Gasteiger partial charge in [-0.1, -0.05) is 13.8 Å². The molecule has 0 bridgehead atoms. The largest absolute Gasteiger partial charge is 0.481 e. The first kappa shape index (κ1) is 22.5. The van der Waals surface area contributed by atoms with Gasteiger partial charge in [0.2, 0.25) is 11.8 Å². The van der Waals surface area contributed by atoms with Gasteiger partial charge in [-0.3, -0.25) is 24.0 Å². The van der Waals surface area contributed by atoms with E-state index in [2.05, 4.69) is 10.6 Å². The molecule has 2 amide bonds. The predicted molar refractivity (Wildman–Crippen MR) is 86.5 cm³/mol. The van der Waals surface area contributed by atoms with Crippen molar-refractivity contribution >= 4 is 29.5 Å². The van der Waals surface area contributed by atoms with Gasteiger partial charge in [0, 0.05) is 6.42 Å². The lowest BCUT2D eigenvalue weighted by Gasteiger charge is -2.25. The first-order valence-corrected chi connectivity index (χ1v) is 7.76.